The number of hydrogen-bond acceptors (Lipinski definition) is 3. The fraction of sp³-hybridized carbons (Fsp3) is 0.333. The van der Waals surface area contributed by atoms with E-state index in [9.17, 15) is 4.79 Å². The summed E-state index contributed by atoms with van der Waals surface area (Å²) < 4.78 is 0. The Balaban J connectivity index is 3.07. The molecule has 1 aromatic heterocycles. The van der Waals surface area contributed by atoms with E-state index in [4.69, 9.17) is 5.73 Å². The third kappa shape index (κ3) is 1.41. The maximum atomic E-state index is 10.6. The normalized spacial score (nSPS) is 13.0. The van der Waals surface area contributed by atoms with Crippen LogP contribution in [0.1, 0.15) is 18.8 Å². The number of H-pyrrole nitrogens is 1. The Morgan fingerprint density at radius 2 is 2.50 bits per heavy atom. The van der Waals surface area contributed by atoms with Gasteiger partial charge in [-0.3, -0.25) is 4.79 Å². The molecule has 0 spiro atoms. The molecule has 1 rings (SSSR count). The lowest BCUT2D eigenvalue weighted by Gasteiger charge is -2.00. The molecule has 0 aliphatic carbocycles. The molecular weight excluding hydrogens is 130 g/mol. The molecule has 1 heterocycles. The van der Waals surface area contributed by atoms with E-state index in [1.54, 1.807) is 6.92 Å². The van der Waals surface area contributed by atoms with Gasteiger partial charge in [-0.15, -0.1) is 0 Å². The van der Waals surface area contributed by atoms with Gasteiger partial charge in [0.15, 0.2) is 0 Å². The quantitative estimate of drug-likeness (QED) is 0.565. The molecule has 0 unspecified atom stereocenters. The van der Waals surface area contributed by atoms with Crippen LogP contribution in [0.4, 0.5) is 0 Å². The van der Waals surface area contributed by atoms with E-state index in [-0.39, 0.29) is 11.6 Å². The summed E-state index contributed by atoms with van der Waals surface area (Å²) in [4.78, 5) is 17.0. The molecule has 0 bridgehead atoms. The summed E-state index contributed by atoms with van der Waals surface area (Å²) in [6, 6.07) is 1.14. The van der Waals surface area contributed by atoms with Crippen molar-refractivity contribution in [3.63, 3.8) is 0 Å². The minimum absolute atomic E-state index is 0.165. The van der Waals surface area contributed by atoms with Crippen molar-refractivity contribution in [2.24, 2.45) is 5.73 Å². The predicted molar refractivity (Wildman–Crippen MR) is 37.5 cm³/mol. The first-order chi connectivity index (χ1) is 4.70. The molecular formula is C6H9N3O. The standard InChI is InChI=1S/C6H9N3O/c1-4(7)6-8-3-2-5(10)9-6/h2-4H,7H2,1H3,(H,8,9,10)/t4-/m1/s1. The van der Waals surface area contributed by atoms with Crippen LogP contribution in [-0.2, 0) is 0 Å². The van der Waals surface area contributed by atoms with E-state index in [2.05, 4.69) is 9.97 Å². The second-order valence-electron chi connectivity index (χ2n) is 2.11. The van der Waals surface area contributed by atoms with Crippen LogP contribution in [0, 0.1) is 0 Å². The molecule has 0 saturated carbocycles. The van der Waals surface area contributed by atoms with Crippen molar-refractivity contribution in [3.8, 4) is 0 Å². The Hall–Kier alpha value is -1.16. The van der Waals surface area contributed by atoms with Crippen molar-refractivity contribution in [2.45, 2.75) is 13.0 Å². The molecule has 0 aliphatic heterocycles. The Morgan fingerprint density at radius 3 is 2.90 bits per heavy atom. The fourth-order valence-corrected chi connectivity index (χ4v) is 0.617. The van der Waals surface area contributed by atoms with Crippen LogP contribution in [0.15, 0.2) is 17.1 Å². The lowest BCUT2D eigenvalue weighted by Crippen LogP contribution is -2.15. The molecule has 1 atom stereocenters. The molecule has 1 aromatic rings. The summed E-state index contributed by atoms with van der Waals surface area (Å²) in [6.45, 7) is 1.76. The van der Waals surface area contributed by atoms with Gasteiger partial charge in [0.05, 0.1) is 6.04 Å². The number of nitrogens with two attached hydrogens (primary N) is 1. The SMILES string of the molecule is C[C@@H](N)c1nccc(=O)[nH]1. The van der Waals surface area contributed by atoms with Gasteiger partial charge in [0.2, 0.25) is 0 Å². The maximum Gasteiger partial charge on any atom is 0.250 e. The van der Waals surface area contributed by atoms with Crippen LogP contribution in [-0.4, -0.2) is 9.97 Å². The number of rotatable bonds is 1. The maximum absolute atomic E-state index is 10.6. The first-order valence-corrected chi connectivity index (χ1v) is 3.01. The van der Waals surface area contributed by atoms with Crippen LogP contribution in [0.25, 0.3) is 0 Å². The Bertz CT molecular complexity index is 266. The molecule has 0 fully saturated rings. The van der Waals surface area contributed by atoms with Gasteiger partial charge in [-0.05, 0) is 6.92 Å². The zero-order valence-electron chi connectivity index (χ0n) is 5.66. The Labute approximate surface area is 58.1 Å². The van der Waals surface area contributed by atoms with Crippen LogP contribution in [0.2, 0.25) is 0 Å². The van der Waals surface area contributed by atoms with Crippen molar-refractivity contribution in [3.05, 3.63) is 28.4 Å². The zero-order chi connectivity index (χ0) is 7.56. The molecule has 0 aliphatic rings. The van der Waals surface area contributed by atoms with Gasteiger partial charge in [0.25, 0.3) is 5.56 Å². The minimum Gasteiger partial charge on any atom is -0.322 e. The van der Waals surface area contributed by atoms with Gasteiger partial charge in [0, 0.05) is 12.3 Å². The average molecular weight is 139 g/mol. The second kappa shape index (κ2) is 2.62. The summed E-state index contributed by atoms with van der Waals surface area (Å²) in [5, 5.41) is 0. The van der Waals surface area contributed by atoms with Gasteiger partial charge >= 0.3 is 0 Å². The number of hydrogen-bond donors (Lipinski definition) is 2. The minimum atomic E-state index is -0.214. The lowest BCUT2D eigenvalue weighted by atomic mass is 10.3. The smallest absolute Gasteiger partial charge is 0.250 e. The largest absolute Gasteiger partial charge is 0.322 e. The molecule has 0 aromatic carbocycles. The molecule has 3 N–H and O–H groups in total. The van der Waals surface area contributed by atoms with E-state index in [0.29, 0.717) is 5.82 Å². The highest BCUT2D eigenvalue weighted by molar-refractivity contribution is 4.92. The summed E-state index contributed by atoms with van der Waals surface area (Å²) in [7, 11) is 0. The van der Waals surface area contributed by atoms with E-state index in [1.807, 2.05) is 0 Å². The van der Waals surface area contributed by atoms with Crippen molar-refractivity contribution in [1.29, 1.82) is 0 Å². The van der Waals surface area contributed by atoms with Crippen molar-refractivity contribution in [2.75, 3.05) is 0 Å². The molecule has 0 saturated heterocycles. The van der Waals surface area contributed by atoms with E-state index in [1.165, 1.54) is 12.3 Å². The molecule has 10 heavy (non-hydrogen) atoms. The zero-order valence-corrected chi connectivity index (χ0v) is 5.66. The highest BCUT2D eigenvalue weighted by atomic mass is 16.1. The Morgan fingerprint density at radius 1 is 1.80 bits per heavy atom. The number of nitrogens with zero attached hydrogens (tertiary/aromatic N) is 1. The van der Waals surface area contributed by atoms with Crippen LogP contribution in [0.5, 0.6) is 0 Å². The average Bonchev–Trinajstić information content (AvgIpc) is 1.88. The highest BCUT2D eigenvalue weighted by Crippen LogP contribution is 1.95. The molecule has 0 amide bonds. The third-order valence-electron chi connectivity index (χ3n) is 1.12. The van der Waals surface area contributed by atoms with Gasteiger partial charge in [-0.1, -0.05) is 0 Å². The second-order valence-corrected chi connectivity index (χ2v) is 2.11. The van der Waals surface area contributed by atoms with Crippen LogP contribution < -0.4 is 11.3 Å². The molecule has 0 radical (unpaired) electrons. The highest BCUT2D eigenvalue weighted by Gasteiger charge is 1.98. The molecule has 4 nitrogen and oxygen atoms in total. The number of aromatic amines is 1. The summed E-state index contributed by atoms with van der Waals surface area (Å²) >= 11 is 0. The van der Waals surface area contributed by atoms with E-state index < -0.39 is 0 Å². The molecule has 4 heteroatoms. The van der Waals surface area contributed by atoms with Gasteiger partial charge in [0.1, 0.15) is 5.82 Å². The van der Waals surface area contributed by atoms with E-state index >= 15 is 0 Å². The third-order valence-corrected chi connectivity index (χ3v) is 1.12. The van der Waals surface area contributed by atoms with Gasteiger partial charge in [-0.2, -0.15) is 0 Å². The topological polar surface area (TPSA) is 71.8 Å². The summed E-state index contributed by atoms with van der Waals surface area (Å²) in [5.74, 6) is 0.521. The monoisotopic (exact) mass is 139 g/mol. The lowest BCUT2D eigenvalue weighted by molar-refractivity contribution is 0.733. The first-order valence-electron chi connectivity index (χ1n) is 3.01. The fourth-order valence-electron chi connectivity index (χ4n) is 0.617. The summed E-state index contributed by atoms with van der Waals surface area (Å²) in [6.07, 6.45) is 1.44. The van der Waals surface area contributed by atoms with Crippen molar-refractivity contribution >= 4 is 0 Å². The van der Waals surface area contributed by atoms with Crippen molar-refractivity contribution < 1.29 is 0 Å². The van der Waals surface area contributed by atoms with E-state index in [0.717, 1.165) is 0 Å². The Kier molecular flexibility index (Phi) is 1.82. The first kappa shape index (κ1) is 6.95. The van der Waals surface area contributed by atoms with Gasteiger partial charge in [-0.25, -0.2) is 4.98 Å². The van der Waals surface area contributed by atoms with Crippen LogP contribution in [0.3, 0.4) is 0 Å². The molecule has 54 valence electrons. The number of aromatic nitrogens is 2. The van der Waals surface area contributed by atoms with Gasteiger partial charge < -0.3 is 10.7 Å². The summed E-state index contributed by atoms with van der Waals surface area (Å²) in [5.41, 5.74) is 5.29. The predicted octanol–water partition coefficient (Wildman–Crippen LogP) is -0.210. The van der Waals surface area contributed by atoms with Crippen molar-refractivity contribution in [1.82, 2.24) is 9.97 Å². The van der Waals surface area contributed by atoms with Crippen LogP contribution >= 0.6 is 0 Å². The number of nitrogens with one attached hydrogen (secondary N) is 1.